The van der Waals surface area contributed by atoms with Gasteiger partial charge in [-0.1, -0.05) is 20.8 Å². The summed E-state index contributed by atoms with van der Waals surface area (Å²) in [5.41, 5.74) is 5.40. The van der Waals surface area contributed by atoms with Crippen LogP contribution in [0.2, 0.25) is 0 Å². The van der Waals surface area contributed by atoms with Crippen LogP contribution < -0.4 is 5.73 Å². The Morgan fingerprint density at radius 3 is 2.00 bits per heavy atom. The van der Waals surface area contributed by atoms with Crippen molar-refractivity contribution in [2.24, 2.45) is 11.1 Å². The molecule has 0 bridgehead atoms. The lowest BCUT2D eigenvalue weighted by molar-refractivity contribution is 0.340. The average molecular weight is 223 g/mol. The summed E-state index contributed by atoms with van der Waals surface area (Å²) < 4.78 is 31.1. The van der Waals surface area contributed by atoms with Crippen LogP contribution in [0.4, 0.5) is 0 Å². The van der Waals surface area contributed by atoms with E-state index < -0.39 is 15.4 Å². The van der Waals surface area contributed by atoms with Gasteiger partial charge in [-0.15, -0.1) is 0 Å². The Kier molecular flexibility index (Phi) is 4.55. The van der Waals surface area contributed by atoms with Gasteiger partial charge in [-0.3, -0.25) is 4.55 Å². The zero-order valence-electron chi connectivity index (χ0n) is 9.32. The number of nitrogens with two attached hydrogens (primary N) is 1. The molecule has 0 aromatic rings. The molecule has 0 aliphatic carbocycles. The van der Waals surface area contributed by atoms with E-state index in [2.05, 4.69) is 0 Å². The molecule has 3 N–H and O–H groups in total. The first-order chi connectivity index (χ1) is 6.02. The first kappa shape index (κ1) is 13.9. The molecule has 0 radical (unpaired) electrons. The van der Waals surface area contributed by atoms with E-state index in [0.717, 1.165) is 0 Å². The highest BCUT2D eigenvalue weighted by atomic mass is 32.2. The van der Waals surface area contributed by atoms with E-state index in [1.807, 2.05) is 20.8 Å². The van der Waals surface area contributed by atoms with Crippen LogP contribution >= 0.6 is 0 Å². The molecule has 0 aliphatic rings. The zero-order valence-corrected chi connectivity index (χ0v) is 10.1. The van der Waals surface area contributed by atoms with Crippen LogP contribution in [0.1, 0.15) is 40.5 Å². The van der Waals surface area contributed by atoms with Gasteiger partial charge in [-0.2, -0.15) is 8.42 Å². The van der Waals surface area contributed by atoms with E-state index in [4.69, 9.17) is 10.3 Å². The Hall–Kier alpha value is -0.130. The molecule has 0 saturated heterocycles. The van der Waals surface area contributed by atoms with Crippen molar-refractivity contribution >= 4 is 10.1 Å². The molecule has 0 aromatic carbocycles. The van der Waals surface area contributed by atoms with E-state index in [-0.39, 0.29) is 11.5 Å². The largest absolute Gasteiger partial charge is 0.328 e. The van der Waals surface area contributed by atoms with Gasteiger partial charge in [0.15, 0.2) is 0 Å². The minimum absolute atomic E-state index is 0.130. The standard InChI is InChI=1S/C9H21NO3S/c1-7(10)5-8(14(11,12)13)6-9(2,3)4/h7-8H,5-6,10H2,1-4H3,(H,11,12,13). The van der Waals surface area contributed by atoms with Crippen LogP contribution in [0.5, 0.6) is 0 Å². The van der Waals surface area contributed by atoms with Gasteiger partial charge in [0.2, 0.25) is 0 Å². The van der Waals surface area contributed by atoms with Crippen LogP contribution in [-0.4, -0.2) is 24.3 Å². The first-order valence-corrected chi connectivity index (χ1v) is 6.24. The summed E-state index contributed by atoms with van der Waals surface area (Å²) in [5.74, 6) is 0. The molecular weight excluding hydrogens is 202 g/mol. The summed E-state index contributed by atoms with van der Waals surface area (Å²) >= 11 is 0. The van der Waals surface area contributed by atoms with Crippen LogP contribution in [0.25, 0.3) is 0 Å². The second-order valence-electron chi connectivity index (χ2n) is 5.11. The summed E-state index contributed by atoms with van der Waals surface area (Å²) in [5, 5.41) is -0.748. The highest BCUT2D eigenvalue weighted by Gasteiger charge is 2.29. The molecule has 14 heavy (non-hydrogen) atoms. The van der Waals surface area contributed by atoms with Gasteiger partial charge in [0.05, 0.1) is 5.25 Å². The Morgan fingerprint density at radius 1 is 1.36 bits per heavy atom. The molecule has 0 spiro atoms. The van der Waals surface area contributed by atoms with Crippen molar-refractivity contribution < 1.29 is 13.0 Å². The molecule has 2 unspecified atom stereocenters. The highest BCUT2D eigenvalue weighted by Crippen LogP contribution is 2.26. The minimum atomic E-state index is -3.97. The third-order valence-corrected chi connectivity index (χ3v) is 3.10. The van der Waals surface area contributed by atoms with Crippen LogP contribution in [0.3, 0.4) is 0 Å². The predicted octanol–water partition coefficient (Wildman–Crippen LogP) is 1.42. The third-order valence-electron chi connectivity index (χ3n) is 1.90. The monoisotopic (exact) mass is 223 g/mol. The fourth-order valence-electron chi connectivity index (χ4n) is 1.41. The maximum absolute atomic E-state index is 11.0. The second-order valence-corrected chi connectivity index (χ2v) is 6.81. The van der Waals surface area contributed by atoms with E-state index in [9.17, 15) is 8.42 Å². The van der Waals surface area contributed by atoms with Gasteiger partial charge in [-0.05, 0) is 25.2 Å². The molecule has 0 aromatic heterocycles. The van der Waals surface area contributed by atoms with Gasteiger partial charge in [0, 0.05) is 6.04 Å². The van der Waals surface area contributed by atoms with Gasteiger partial charge < -0.3 is 5.73 Å². The quantitative estimate of drug-likeness (QED) is 0.706. The average Bonchev–Trinajstić information content (AvgIpc) is 1.78. The smallest absolute Gasteiger partial charge is 0.267 e. The van der Waals surface area contributed by atoms with Gasteiger partial charge in [-0.25, -0.2) is 0 Å². The molecule has 2 atom stereocenters. The summed E-state index contributed by atoms with van der Waals surface area (Å²) in [6.45, 7) is 7.55. The topological polar surface area (TPSA) is 80.4 Å². The van der Waals surface area contributed by atoms with Crippen molar-refractivity contribution in [2.45, 2.75) is 51.8 Å². The molecule has 0 fully saturated rings. The molecule has 0 saturated carbocycles. The molecule has 0 heterocycles. The number of rotatable bonds is 4. The molecule has 0 amide bonds. The normalized spacial score (nSPS) is 17.9. The van der Waals surface area contributed by atoms with Gasteiger partial charge in [0.25, 0.3) is 10.1 Å². The summed E-state index contributed by atoms with van der Waals surface area (Å²) in [6.07, 6.45) is 0.726. The van der Waals surface area contributed by atoms with Crippen molar-refractivity contribution in [3.8, 4) is 0 Å². The first-order valence-electron chi connectivity index (χ1n) is 4.74. The number of hydrogen-bond donors (Lipinski definition) is 2. The van der Waals surface area contributed by atoms with Crippen LogP contribution in [0.15, 0.2) is 0 Å². The molecule has 86 valence electrons. The Morgan fingerprint density at radius 2 is 1.79 bits per heavy atom. The SMILES string of the molecule is CC(N)CC(CC(C)(C)C)S(=O)(=O)O. The van der Waals surface area contributed by atoms with E-state index >= 15 is 0 Å². The molecule has 0 aliphatic heterocycles. The highest BCUT2D eigenvalue weighted by molar-refractivity contribution is 7.86. The Labute approximate surface area is 86.6 Å². The summed E-state index contributed by atoms with van der Waals surface area (Å²) in [6, 6.07) is -0.218. The van der Waals surface area contributed by atoms with Gasteiger partial charge >= 0.3 is 0 Å². The van der Waals surface area contributed by atoms with E-state index in [1.54, 1.807) is 6.92 Å². The fraction of sp³-hybridized carbons (Fsp3) is 1.00. The minimum Gasteiger partial charge on any atom is -0.328 e. The lowest BCUT2D eigenvalue weighted by Gasteiger charge is -2.24. The third kappa shape index (κ3) is 6.34. The summed E-state index contributed by atoms with van der Waals surface area (Å²) in [7, 11) is -3.97. The van der Waals surface area contributed by atoms with Crippen LogP contribution in [-0.2, 0) is 10.1 Å². The Balaban J connectivity index is 4.59. The number of hydrogen-bond acceptors (Lipinski definition) is 3. The fourth-order valence-corrected chi connectivity index (χ4v) is 2.67. The Bertz CT molecular complexity index is 264. The van der Waals surface area contributed by atoms with E-state index in [0.29, 0.717) is 12.8 Å². The predicted molar refractivity (Wildman–Crippen MR) is 57.7 cm³/mol. The van der Waals surface area contributed by atoms with Crippen LogP contribution in [0, 0.1) is 5.41 Å². The lowest BCUT2D eigenvalue weighted by atomic mass is 9.89. The van der Waals surface area contributed by atoms with Crippen molar-refractivity contribution in [2.75, 3.05) is 0 Å². The molecule has 0 rings (SSSR count). The lowest BCUT2D eigenvalue weighted by Crippen LogP contribution is -2.32. The van der Waals surface area contributed by atoms with Crippen molar-refractivity contribution in [3.05, 3.63) is 0 Å². The molecule has 5 heteroatoms. The van der Waals surface area contributed by atoms with Crippen molar-refractivity contribution in [1.82, 2.24) is 0 Å². The van der Waals surface area contributed by atoms with Crippen molar-refractivity contribution in [3.63, 3.8) is 0 Å². The van der Waals surface area contributed by atoms with Gasteiger partial charge in [0.1, 0.15) is 0 Å². The van der Waals surface area contributed by atoms with E-state index in [1.165, 1.54) is 0 Å². The molecular formula is C9H21NO3S. The molecule has 4 nitrogen and oxygen atoms in total. The zero-order chi connectivity index (χ0) is 11.6. The van der Waals surface area contributed by atoms with Crippen molar-refractivity contribution in [1.29, 1.82) is 0 Å². The maximum atomic E-state index is 11.0. The second kappa shape index (κ2) is 4.59. The summed E-state index contributed by atoms with van der Waals surface area (Å²) in [4.78, 5) is 0. The maximum Gasteiger partial charge on any atom is 0.267 e.